The highest BCUT2D eigenvalue weighted by Crippen LogP contribution is 2.44. The maximum Gasteiger partial charge on any atom is 0.124 e. The summed E-state index contributed by atoms with van der Waals surface area (Å²) in [6.45, 7) is 0. The van der Waals surface area contributed by atoms with Crippen molar-refractivity contribution in [2.45, 2.75) is 6.42 Å². The van der Waals surface area contributed by atoms with Gasteiger partial charge in [0.2, 0.25) is 0 Å². The highest BCUT2D eigenvalue weighted by atomic mass is 79.9. The van der Waals surface area contributed by atoms with Gasteiger partial charge in [-0.2, -0.15) is 0 Å². The average molecular weight is 340 g/mol. The first-order valence-corrected chi connectivity index (χ1v) is 6.54. The summed E-state index contributed by atoms with van der Waals surface area (Å²) in [7, 11) is 0. The lowest BCUT2D eigenvalue weighted by Gasteiger charge is -2.04. The van der Waals surface area contributed by atoms with Crippen LogP contribution in [-0.4, -0.2) is 5.11 Å². The minimum absolute atomic E-state index is 0.352. The van der Waals surface area contributed by atoms with Gasteiger partial charge in [0.25, 0.3) is 0 Å². The first-order valence-electron chi connectivity index (χ1n) is 4.95. The maximum atomic E-state index is 9.99. The summed E-state index contributed by atoms with van der Waals surface area (Å²) in [5, 5.41) is 9.99. The van der Waals surface area contributed by atoms with Crippen molar-refractivity contribution in [2.75, 3.05) is 0 Å². The maximum absolute atomic E-state index is 9.99. The number of halogens is 2. The molecular formula is C13H8Br2O. The van der Waals surface area contributed by atoms with Crippen molar-refractivity contribution in [3.8, 4) is 16.9 Å². The van der Waals surface area contributed by atoms with Gasteiger partial charge in [-0.1, -0.05) is 37.9 Å². The van der Waals surface area contributed by atoms with Crippen LogP contribution >= 0.6 is 31.9 Å². The average Bonchev–Trinajstić information content (AvgIpc) is 2.54. The van der Waals surface area contributed by atoms with Crippen LogP contribution < -0.4 is 0 Å². The molecule has 0 spiro atoms. The van der Waals surface area contributed by atoms with Crippen LogP contribution in [0, 0.1) is 0 Å². The van der Waals surface area contributed by atoms with Gasteiger partial charge in [-0.15, -0.1) is 0 Å². The fourth-order valence-electron chi connectivity index (χ4n) is 2.26. The van der Waals surface area contributed by atoms with Crippen molar-refractivity contribution in [1.82, 2.24) is 0 Å². The molecule has 1 aliphatic rings. The van der Waals surface area contributed by atoms with Gasteiger partial charge >= 0.3 is 0 Å². The van der Waals surface area contributed by atoms with Gasteiger partial charge in [0.1, 0.15) is 5.75 Å². The quantitative estimate of drug-likeness (QED) is 0.639. The fraction of sp³-hybridized carbons (Fsp3) is 0.0769. The molecule has 0 amide bonds. The molecule has 0 fully saturated rings. The monoisotopic (exact) mass is 338 g/mol. The number of fused-ring (bicyclic) bond motifs is 3. The standard InChI is InChI=1S/C13H8Br2O/c14-9-1-2-11-7(4-9)3-8-5-10(15)6-12(16)13(8)11/h1-2,4-6,16H,3H2. The van der Waals surface area contributed by atoms with E-state index in [1.165, 1.54) is 11.1 Å². The van der Waals surface area contributed by atoms with Crippen molar-refractivity contribution in [3.63, 3.8) is 0 Å². The fourth-order valence-corrected chi connectivity index (χ4v) is 3.16. The molecule has 2 aromatic carbocycles. The molecule has 0 bridgehead atoms. The molecule has 3 heteroatoms. The number of hydrogen-bond donors (Lipinski definition) is 1. The Morgan fingerprint density at radius 1 is 0.938 bits per heavy atom. The SMILES string of the molecule is Oc1cc(Br)cc2c1-c1ccc(Br)cc1C2. The predicted molar refractivity (Wildman–Crippen MR) is 71.7 cm³/mol. The van der Waals surface area contributed by atoms with E-state index in [4.69, 9.17) is 0 Å². The lowest BCUT2D eigenvalue weighted by atomic mass is 10.1. The Balaban J connectivity index is 2.29. The first kappa shape index (κ1) is 10.4. The third-order valence-electron chi connectivity index (χ3n) is 2.88. The highest BCUT2D eigenvalue weighted by molar-refractivity contribution is 9.10. The topological polar surface area (TPSA) is 20.2 Å². The molecule has 0 unspecified atom stereocenters. The molecule has 2 aromatic rings. The number of aromatic hydroxyl groups is 1. The summed E-state index contributed by atoms with van der Waals surface area (Å²) in [5.74, 6) is 0.352. The second-order valence-electron chi connectivity index (χ2n) is 3.94. The molecule has 80 valence electrons. The van der Waals surface area contributed by atoms with Crippen LogP contribution in [0.15, 0.2) is 39.3 Å². The van der Waals surface area contributed by atoms with Gasteiger partial charge in [0, 0.05) is 14.5 Å². The van der Waals surface area contributed by atoms with Crippen LogP contribution in [0.2, 0.25) is 0 Å². The van der Waals surface area contributed by atoms with Crippen LogP contribution in [0.1, 0.15) is 11.1 Å². The second-order valence-corrected chi connectivity index (χ2v) is 5.77. The van der Waals surface area contributed by atoms with Gasteiger partial charge in [-0.05, 0) is 47.4 Å². The zero-order valence-electron chi connectivity index (χ0n) is 8.30. The Morgan fingerprint density at radius 3 is 2.50 bits per heavy atom. The smallest absolute Gasteiger partial charge is 0.124 e. The second kappa shape index (κ2) is 3.60. The van der Waals surface area contributed by atoms with Crippen molar-refractivity contribution < 1.29 is 5.11 Å². The summed E-state index contributed by atoms with van der Waals surface area (Å²) in [4.78, 5) is 0. The van der Waals surface area contributed by atoms with Gasteiger partial charge in [0.05, 0.1) is 0 Å². The molecule has 0 aromatic heterocycles. The minimum atomic E-state index is 0.352. The van der Waals surface area contributed by atoms with Crippen LogP contribution in [-0.2, 0) is 6.42 Å². The van der Waals surface area contributed by atoms with Crippen molar-refractivity contribution >= 4 is 31.9 Å². The van der Waals surface area contributed by atoms with Gasteiger partial charge in [-0.3, -0.25) is 0 Å². The molecular weight excluding hydrogens is 332 g/mol. The minimum Gasteiger partial charge on any atom is -0.507 e. The molecule has 16 heavy (non-hydrogen) atoms. The first-order chi connectivity index (χ1) is 7.65. The number of rotatable bonds is 0. The van der Waals surface area contributed by atoms with Crippen LogP contribution in [0.3, 0.4) is 0 Å². The van der Waals surface area contributed by atoms with E-state index >= 15 is 0 Å². The number of hydrogen-bond acceptors (Lipinski definition) is 1. The number of phenols is 1. The van der Waals surface area contributed by atoms with Crippen LogP contribution in [0.25, 0.3) is 11.1 Å². The number of phenolic OH excluding ortho intramolecular Hbond substituents is 1. The van der Waals surface area contributed by atoms with E-state index < -0.39 is 0 Å². The lowest BCUT2D eigenvalue weighted by Crippen LogP contribution is -1.80. The Morgan fingerprint density at radius 2 is 1.69 bits per heavy atom. The van der Waals surface area contributed by atoms with E-state index in [0.717, 1.165) is 26.5 Å². The summed E-state index contributed by atoms with van der Waals surface area (Å²) < 4.78 is 2.01. The zero-order chi connectivity index (χ0) is 11.3. The normalized spacial score (nSPS) is 12.4. The van der Waals surface area contributed by atoms with E-state index in [1.54, 1.807) is 6.07 Å². The van der Waals surface area contributed by atoms with Gasteiger partial charge in [-0.25, -0.2) is 0 Å². The molecule has 0 aliphatic heterocycles. The molecule has 0 radical (unpaired) electrons. The molecule has 0 atom stereocenters. The highest BCUT2D eigenvalue weighted by Gasteiger charge is 2.22. The molecule has 0 saturated heterocycles. The molecule has 0 heterocycles. The summed E-state index contributed by atoms with van der Waals surface area (Å²) in [6, 6.07) is 10.00. The van der Waals surface area contributed by atoms with Gasteiger partial charge < -0.3 is 5.11 Å². The van der Waals surface area contributed by atoms with E-state index in [0.29, 0.717) is 5.75 Å². The number of benzene rings is 2. The van der Waals surface area contributed by atoms with Crippen molar-refractivity contribution in [1.29, 1.82) is 0 Å². The van der Waals surface area contributed by atoms with E-state index in [1.807, 2.05) is 6.07 Å². The van der Waals surface area contributed by atoms with Crippen molar-refractivity contribution in [3.05, 3.63) is 50.4 Å². The van der Waals surface area contributed by atoms with E-state index in [-0.39, 0.29) is 0 Å². The predicted octanol–water partition coefficient (Wildman–Crippen LogP) is 4.49. The summed E-state index contributed by atoms with van der Waals surface area (Å²) in [5.41, 5.74) is 4.56. The Labute approximate surface area is 110 Å². The molecule has 1 N–H and O–H groups in total. The van der Waals surface area contributed by atoms with Crippen LogP contribution in [0.5, 0.6) is 5.75 Å². The summed E-state index contributed by atoms with van der Waals surface area (Å²) in [6.07, 6.45) is 0.886. The van der Waals surface area contributed by atoms with E-state index in [2.05, 4.69) is 50.1 Å². The Bertz CT molecular complexity index is 591. The Hall–Kier alpha value is -0.800. The van der Waals surface area contributed by atoms with Crippen LogP contribution in [0.4, 0.5) is 0 Å². The summed E-state index contributed by atoms with van der Waals surface area (Å²) >= 11 is 6.88. The van der Waals surface area contributed by atoms with Crippen molar-refractivity contribution in [2.24, 2.45) is 0 Å². The van der Waals surface area contributed by atoms with Gasteiger partial charge in [0.15, 0.2) is 0 Å². The Kier molecular flexibility index (Phi) is 2.33. The molecule has 1 aliphatic carbocycles. The third kappa shape index (κ3) is 1.50. The zero-order valence-corrected chi connectivity index (χ0v) is 11.5. The molecule has 0 saturated carbocycles. The molecule has 3 rings (SSSR count). The third-order valence-corrected chi connectivity index (χ3v) is 3.83. The lowest BCUT2D eigenvalue weighted by molar-refractivity contribution is 0.477. The largest absolute Gasteiger partial charge is 0.507 e. The van der Waals surface area contributed by atoms with E-state index in [9.17, 15) is 5.11 Å². The molecule has 1 nitrogen and oxygen atoms in total.